The van der Waals surface area contributed by atoms with Crippen molar-refractivity contribution in [3.05, 3.63) is 41.1 Å². The van der Waals surface area contributed by atoms with Crippen LogP contribution in [0.3, 0.4) is 0 Å². The van der Waals surface area contributed by atoms with Gasteiger partial charge in [0.05, 0.1) is 19.4 Å². The second-order valence-corrected chi connectivity index (χ2v) is 8.44. The molecule has 170 valence electrons. The van der Waals surface area contributed by atoms with Gasteiger partial charge in [-0.1, -0.05) is 12.1 Å². The lowest BCUT2D eigenvalue weighted by molar-refractivity contribution is -0.142. The van der Waals surface area contributed by atoms with Gasteiger partial charge in [0.15, 0.2) is 0 Å². The van der Waals surface area contributed by atoms with Gasteiger partial charge in [0.2, 0.25) is 0 Å². The molecule has 0 saturated heterocycles. The van der Waals surface area contributed by atoms with Gasteiger partial charge in [-0.25, -0.2) is 0 Å². The number of esters is 1. The van der Waals surface area contributed by atoms with Crippen molar-refractivity contribution in [2.75, 3.05) is 30.9 Å². The SMILES string of the molecule is CCOc1nc(N)c2c(n1)CCN(c1ccc(C3CCC(CC(=O)OC)CC3)cc1)C2=O. The quantitative estimate of drug-likeness (QED) is 0.688. The molecular formula is C24H30N4O4. The summed E-state index contributed by atoms with van der Waals surface area (Å²) in [6.07, 6.45) is 5.30. The Bertz CT molecular complexity index is 984. The van der Waals surface area contributed by atoms with Crippen LogP contribution in [0, 0.1) is 5.92 Å². The molecule has 1 amide bonds. The summed E-state index contributed by atoms with van der Waals surface area (Å²) in [6.45, 7) is 2.83. The molecule has 1 aliphatic carbocycles. The Labute approximate surface area is 188 Å². The average Bonchev–Trinajstić information content (AvgIpc) is 2.80. The highest BCUT2D eigenvalue weighted by Crippen LogP contribution is 2.38. The Morgan fingerprint density at radius 1 is 1.16 bits per heavy atom. The molecule has 2 N–H and O–H groups in total. The molecular weight excluding hydrogens is 408 g/mol. The third-order valence-electron chi connectivity index (χ3n) is 6.50. The van der Waals surface area contributed by atoms with Gasteiger partial charge in [-0.3, -0.25) is 9.59 Å². The number of nitrogens with two attached hydrogens (primary N) is 1. The molecule has 8 nitrogen and oxygen atoms in total. The summed E-state index contributed by atoms with van der Waals surface area (Å²) in [5, 5.41) is 0. The fourth-order valence-electron chi connectivity index (χ4n) is 4.76. The van der Waals surface area contributed by atoms with Crippen molar-refractivity contribution in [1.29, 1.82) is 0 Å². The zero-order valence-electron chi connectivity index (χ0n) is 18.7. The molecule has 1 aromatic heterocycles. The van der Waals surface area contributed by atoms with Gasteiger partial charge in [-0.05, 0) is 62.1 Å². The minimum Gasteiger partial charge on any atom is -0.469 e. The number of carbonyl (C=O) groups excluding carboxylic acids is 2. The lowest BCUT2D eigenvalue weighted by Crippen LogP contribution is -2.39. The maximum absolute atomic E-state index is 13.1. The zero-order chi connectivity index (χ0) is 22.7. The van der Waals surface area contributed by atoms with Crippen LogP contribution in [0.1, 0.15) is 66.6 Å². The molecule has 4 rings (SSSR count). The first-order valence-electron chi connectivity index (χ1n) is 11.3. The van der Waals surface area contributed by atoms with Crippen LogP contribution in [0.25, 0.3) is 0 Å². The first-order chi connectivity index (χ1) is 15.5. The van der Waals surface area contributed by atoms with E-state index in [0.717, 1.165) is 31.4 Å². The van der Waals surface area contributed by atoms with E-state index in [4.69, 9.17) is 15.2 Å². The van der Waals surface area contributed by atoms with Crippen LogP contribution in [0.15, 0.2) is 24.3 Å². The number of carbonyl (C=O) groups is 2. The molecule has 2 aromatic rings. The van der Waals surface area contributed by atoms with Crippen LogP contribution in [-0.4, -0.2) is 42.1 Å². The van der Waals surface area contributed by atoms with E-state index < -0.39 is 0 Å². The summed E-state index contributed by atoms with van der Waals surface area (Å²) in [4.78, 5) is 34.9. The van der Waals surface area contributed by atoms with Crippen molar-refractivity contribution in [2.45, 2.75) is 51.4 Å². The molecule has 8 heteroatoms. The van der Waals surface area contributed by atoms with Gasteiger partial charge in [-0.15, -0.1) is 0 Å². The van der Waals surface area contributed by atoms with Gasteiger partial charge >= 0.3 is 12.0 Å². The standard InChI is InChI=1S/C24H30N4O4/c1-3-32-24-26-19-12-13-28(23(30)21(19)22(25)27-24)18-10-8-17(9-11-18)16-6-4-15(5-7-16)14-20(29)31-2/h8-11,15-16H,3-7,12-14H2,1-2H3,(H2,25,26,27). The number of benzene rings is 1. The Balaban J connectivity index is 1.43. The number of nitrogen functional groups attached to an aromatic ring is 1. The molecule has 2 heterocycles. The highest BCUT2D eigenvalue weighted by molar-refractivity contribution is 6.10. The Morgan fingerprint density at radius 3 is 2.53 bits per heavy atom. The second-order valence-electron chi connectivity index (χ2n) is 8.44. The van der Waals surface area contributed by atoms with Crippen molar-refractivity contribution in [2.24, 2.45) is 5.92 Å². The lowest BCUT2D eigenvalue weighted by Gasteiger charge is -2.30. The van der Waals surface area contributed by atoms with E-state index in [1.54, 1.807) is 4.90 Å². The van der Waals surface area contributed by atoms with Crippen LogP contribution in [-0.2, 0) is 16.0 Å². The summed E-state index contributed by atoms with van der Waals surface area (Å²) in [6, 6.07) is 8.45. The fourth-order valence-corrected chi connectivity index (χ4v) is 4.76. The topological polar surface area (TPSA) is 108 Å². The number of amides is 1. The monoisotopic (exact) mass is 438 g/mol. The molecule has 2 aliphatic rings. The van der Waals surface area contributed by atoms with Gasteiger partial charge in [0.25, 0.3) is 5.91 Å². The van der Waals surface area contributed by atoms with E-state index in [9.17, 15) is 9.59 Å². The Kier molecular flexibility index (Phi) is 6.58. The summed E-state index contributed by atoms with van der Waals surface area (Å²) < 4.78 is 10.1. The molecule has 1 aliphatic heterocycles. The summed E-state index contributed by atoms with van der Waals surface area (Å²) in [7, 11) is 1.45. The van der Waals surface area contributed by atoms with E-state index in [1.165, 1.54) is 12.7 Å². The van der Waals surface area contributed by atoms with E-state index in [2.05, 4.69) is 22.1 Å². The number of fused-ring (bicyclic) bond motifs is 1. The van der Waals surface area contributed by atoms with Crippen LogP contribution < -0.4 is 15.4 Å². The number of rotatable bonds is 6. The predicted octanol–water partition coefficient (Wildman–Crippen LogP) is 3.50. The van der Waals surface area contributed by atoms with Crippen molar-refractivity contribution >= 4 is 23.4 Å². The molecule has 1 aromatic carbocycles. The largest absolute Gasteiger partial charge is 0.469 e. The van der Waals surface area contributed by atoms with E-state index in [1.807, 2.05) is 19.1 Å². The van der Waals surface area contributed by atoms with Gasteiger partial charge in [0.1, 0.15) is 11.4 Å². The lowest BCUT2D eigenvalue weighted by atomic mass is 9.77. The molecule has 32 heavy (non-hydrogen) atoms. The minimum atomic E-state index is -0.178. The van der Waals surface area contributed by atoms with Crippen molar-refractivity contribution in [1.82, 2.24) is 9.97 Å². The average molecular weight is 439 g/mol. The normalized spacial score (nSPS) is 20.6. The molecule has 0 atom stereocenters. The molecule has 0 unspecified atom stereocenters. The van der Waals surface area contributed by atoms with Crippen molar-refractivity contribution in [3.63, 3.8) is 0 Å². The van der Waals surface area contributed by atoms with E-state index in [0.29, 0.717) is 49.1 Å². The smallest absolute Gasteiger partial charge is 0.318 e. The van der Waals surface area contributed by atoms with Crippen LogP contribution in [0.5, 0.6) is 6.01 Å². The van der Waals surface area contributed by atoms with E-state index >= 15 is 0 Å². The van der Waals surface area contributed by atoms with E-state index in [-0.39, 0.29) is 23.7 Å². The molecule has 1 saturated carbocycles. The maximum atomic E-state index is 13.1. The molecule has 1 fully saturated rings. The van der Waals surface area contributed by atoms with Crippen LogP contribution >= 0.6 is 0 Å². The number of anilines is 2. The third kappa shape index (κ3) is 4.54. The number of aromatic nitrogens is 2. The summed E-state index contributed by atoms with van der Waals surface area (Å²) in [5.41, 5.74) is 9.20. The molecule has 0 spiro atoms. The number of hydrogen-bond acceptors (Lipinski definition) is 7. The summed E-state index contributed by atoms with van der Waals surface area (Å²) >= 11 is 0. The van der Waals surface area contributed by atoms with Crippen LogP contribution in [0.2, 0.25) is 0 Å². The van der Waals surface area contributed by atoms with Gasteiger partial charge in [-0.2, -0.15) is 9.97 Å². The first kappa shape index (κ1) is 22.0. The fraction of sp³-hybridized carbons (Fsp3) is 0.500. The summed E-state index contributed by atoms with van der Waals surface area (Å²) in [5.74, 6) is 0.763. The highest BCUT2D eigenvalue weighted by atomic mass is 16.5. The Hall–Kier alpha value is -3.16. The number of methoxy groups -OCH3 is 1. The zero-order valence-corrected chi connectivity index (χ0v) is 18.7. The number of hydrogen-bond donors (Lipinski definition) is 1. The highest BCUT2D eigenvalue weighted by Gasteiger charge is 2.31. The Morgan fingerprint density at radius 2 is 1.88 bits per heavy atom. The third-order valence-corrected chi connectivity index (χ3v) is 6.50. The number of nitrogens with zero attached hydrogens (tertiary/aromatic N) is 3. The van der Waals surface area contributed by atoms with Crippen molar-refractivity contribution in [3.8, 4) is 6.01 Å². The predicted molar refractivity (Wildman–Crippen MR) is 121 cm³/mol. The molecule has 0 radical (unpaired) electrons. The first-order valence-corrected chi connectivity index (χ1v) is 11.3. The molecule has 0 bridgehead atoms. The second kappa shape index (κ2) is 9.54. The van der Waals surface area contributed by atoms with Crippen molar-refractivity contribution < 1.29 is 19.1 Å². The van der Waals surface area contributed by atoms with Gasteiger partial charge in [0, 0.05) is 25.1 Å². The van der Waals surface area contributed by atoms with Gasteiger partial charge < -0.3 is 20.1 Å². The maximum Gasteiger partial charge on any atom is 0.318 e. The van der Waals surface area contributed by atoms with Crippen LogP contribution in [0.4, 0.5) is 11.5 Å². The minimum absolute atomic E-state index is 0.120. The number of ether oxygens (including phenoxy) is 2.